The summed E-state index contributed by atoms with van der Waals surface area (Å²) in [4.78, 5) is 37.2. The maximum atomic E-state index is 14.1. The SMILES string of the molecule is C=CC(=O)NC1CN(CCn2c(=O)c(-c3cc(OC)cc(OC)c3Cl)cc3cnc(NCC4CCOCC4)nc32)C1. The van der Waals surface area contributed by atoms with Gasteiger partial charge in [0.25, 0.3) is 5.56 Å². The van der Waals surface area contributed by atoms with Crippen molar-refractivity contribution in [2.24, 2.45) is 5.92 Å². The lowest BCUT2D eigenvalue weighted by molar-refractivity contribution is -0.118. The summed E-state index contributed by atoms with van der Waals surface area (Å²) in [7, 11) is 3.06. The van der Waals surface area contributed by atoms with Gasteiger partial charge in [0.15, 0.2) is 0 Å². The number of nitrogens with zero attached hydrogens (tertiary/aromatic N) is 4. The van der Waals surface area contributed by atoms with E-state index in [1.165, 1.54) is 13.2 Å². The van der Waals surface area contributed by atoms with Crippen molar-refractivity contribution >= 4 is 34.5 Å². The van der Waals surface area contributed by atoms with Crippen molar-refractivity contribution in [2.45, 2.75) is 25.4 Å². The highest BCUT2D eigenvalue weighted by atomic mass is 35.5. The summed E-state index contributed by atoms with van der Waals surface area (Å²) in [6, 6.07) is 5.23. The van der Waals surface area contributed by atoms with E-state index < -0.39 is 0 Å². The molecule has 0 bridgehead atoms. The molecule has 0 unspecified atom stereocenters. The lowest BCUT2D eigenvalue weighted by Crippen LogP contribution is -2.59. The van der Waals surface area contributed by atoms with Crippen LogP contribution in [0.2, 0.25) is 5.02 Å². The second kappa shape index (κ2) is 12.9. The van der Waals surface area contributed by atoms with Gasteiger partial charge < -0.3 is 24.8 Å². The summed E-state index contributed by atoms with van der Waals surface area (Å²) in [5, 5.41) is 7.27. The molecule has 4 heterocycles. The third-order valence-corrected chi connectivity index (χ3v) is 7.99. The Morgan fingerprint density at radius 1 is 1.17 bits per heavy atom. The molecule has 1 aromatic carbocycles. The smallest absolute Gasteiger partial charge is 0.260 e. The van der Waals surface area contributed by atoms with Crippen LogP contribution in [-0.4, -0.2) is 85.0 Å². The number of hydrogen-bond acceptors (Lipinski definition) is 9. The molecule has 2 aliphatic heterocycles. The van der Waals surface area contributed by atoms with Gasteiger partial charge in [-0.2, -0.15) is 4.98 Å². The van der Waals surface area contributed by atoms with Crippen molar-refractivity contribution in [3.05, 3.63) is 52.4 Å². The van der Waals surface area contributed by atoms with Crippen LogP contribution in [0.5, 0.6) is 11.5 Å². The van der Waals surface area contributed by atoms with E-state index in [1.807, 2.05) is 0 Å². The maximum absolute atomic E-state index is 14.1. The first-order valence-corrected chi connectivity index (χ1v) is 14.1. The molecule has 5 rings (SSSR count). The Kier molecular flexibility index (Phi) is 9.06. The largest absolute Gasteiger partial charge is 0.497 e. The number of ether oxygens (including phenoxy) is 3. The minimum atomic E-state index is -0.235. The van der Waals surface area contributed by atoms with Gasteiger partial charge in [0.2, 0.25) is 11.9 Å². The van der Waals surface area contributed by atoms with Gasteiger partial charge in [-0.25, -0.2) is 4.98 Å². The second-order valence-corrected chi connectivity index (χ2v) is 10.7. The van der Waals surface area contributed by atoms with Gasteiger partial charge >= 0.3 is 0 Å². The summed E-state index contributed by atoms with van der Waals surface area (Å²) >= 11 is 6.69. The van der Waals surface area contributed by atoms with E-state index >= 15 is 0 Å². The van der Waals surface area contributed by atoms with Crippen LogP contribution >= 0.6 is 11.6 Å². The fraction of sp³-hybridized carbons (Fsp3) is 0.448. The van der Waals surface area contributed by atoms with Crippen LogP contribution in [0.1, 0.15) is 12.8 Å². The second-order valence-electron chi connectivity index (χ2n) is 10.3. The highest BCUT2D eigenvalue weighted by molar-refractivity contribution is 6.35. The number of fused-ring (bicyclic) bond motifs is 1. The number of likely N-dealkylation sites (tertiary alicyclic amines) is 1. The molecule has 0 aliphatic carbocycles. The Morgan fingerprint density at radius 2 is 1.95 bits per heavy atom. The van der Waals surface area contributed by atoms with E-state index in [9.17, 15) is 9.59 Å². The molecular weight excluding hydrogens is 548 g/mol. The molecule has 2 aliphatic rings. The number of amides is 1. The summed E-state index contributed by atoms with van der Waals surface area (Å²) in [6.45, 7) is 8.14. The van der Waals surface area contributed by atoms with Crippen LogP contribution in [0.3, 0.4) is 0 Å². The molecule has 0 atom stereocenters. The lowest BCUT2D eigenvalue weighted by Gasteiger charge is -2.39. The number of nitrogens with one attached hydrogen (secondary N) is 2. The van der Waals surface area contributed by atoms with Gasteiger partial charge in [0.05, 0.1) is 25.3 Å². The third kappa shape index (κ3) is 6.47. The summed E-state index contributed by atoms with van der Waals surface area (Å²) in [5.41, 5.74) is 1.19. The molecule has 2 fully saturated rings. The van der Waals surface area contributed by atoms with E-state index in [-0.39, 0.29) is 17.5 Å². The minimum Gasteiger partial charge on any atom is -0.497 e. The standard InChI is InChI=1S/C29H35ClN6O5/c1-4-25(37)33-20-16-35(17-20)7-8-36-27-19(15-32-29(34-27)31-14-18-5-9-41-10-6-18)11-23(28(36)38)22-12-21(39-2)13-24(40-3)26(22)30/h4,11-13,15,18,20H,1,5-10,14,16-17H2,2-3H3,(H,33,37)(H,31,32,34). The molecular formula is C29H35ClN6O5. The van der Waals surface area contributed by atoms with E-state index in [0.717, 1.165) is 32.6 Å². The molecule has 2 aromatic heterocycles. The highest BCUT2D eigenvalue weighted by Crippen LogP contribution is 2.38. The first-order chi connectivity index (χ1) is 19.9. The van der Waals surface area contributed by atoms with Crippen LogP contribution in [0.15, 0.2) is 41.8 Å². The maximum Gasteiger partial charge on any atom is 0.260 e. The van der Waals surface area contributed by atoms with Crippen LogP contribution in [-0.2, 0) is 16.1 Å². The van der Waals surface area contributed by atoms with Crippen molar-refractivity contribution in [1.29, 1.82) is 0 Å². The fourth-order valence-corrected chi connectivity index (χ4v) is 5.50. The van der Waals surface area contributed by atoms with Gasteiger partial charge in [0, 0.05) is 74.7 Å². The number of rotatable bonds is 11. The van der Waals surface area contributed by atoms with Crippen molar-refractivity contribution in [3.63, 3.8) is 0 Å². The zero-order valence-electron chi connectivity index (χ0n) is 23.3. The predicted molar refractivity (Wildman–Crippen MR) is 158 cm³/mol. The average Bonchev–Trinajstić information content (AvgIpc) is 2.98. The molecule has 3 aromatic rings. The first kappa shape index (κ1) is 28.8. The number of methoxy groups -OCH3 is 2. The van der Waals surface area contributed by atoms with Crippen LogP contribution in [0, 0.1) is 5.92 Å². The molecule has 11 nitrogen and oxygen atoms in total. The molecule has 12 heteroatoms. The number of halogens is 1. The Morgan fingerprint density at radius 3 is 2.66 bits per heavy atom. The van der Waals surface area contributed by atoms with Crippen LogP contribution in [0.25, 0.3) is 22.2 Å². The molecule has 41 heavy (non-hydrogen) atoms. The Labute approximate surface area is 243 Å². The predicted octanol–water partition coefficient (Wildman–Crippen LogP) is 2.95. The number of anilines is 1. The van der Waals surface area contributed by atoms with Crippen molar-refractivity contribution in [3.8, 4) is 22.6 Å². The number of hydrogen-bond donors (Lipinski definition) is 2. The topological polar surface area (TPSA) is 120 Å². The van der Waals surface area contributed by atoms with E-state index in [0.29, 0.717) is 76.7 Å². The van der Waals surface area contributed by atoms with Crippen molar-refractivity contribution in [2.75, 3.05) is 58.9 Å². The number of carbonyl (C=O) groups excluding carboxylic acids is 1. The van der Waals surface area contributed by atoms with Crippen molar-refractivity contribution < 1.29 is 19.0 Å². The number of aromatic nitrogens is 3. The normalized spacial score (nSPS) is 16.3. The van der Waals surface area contributed by atoms with Gasteiger partial charge in [-0.3, -0.25) is 19.1 Å². The molecule has 218 valence electrons. The van der Waals surface area contributed by atoms with Gasteiger partial charge in [-0.05, 0) is 37.0 Å². The fourth-order valence-electron chi connectivity index (χ4n) is 5.21. The zero-order chi connectivity index (χ0) is 28.9. The Hall–Kier alpha value is -3.67. The molecule has 2 saturated heterocycles. The highest BCUT2D eigenvalue weighted by Gasteiger charge is 2.27. The van der Waals surface area contributed by atoms with E-state index in [2.05, 4.69) is 27.1 Å². The van der Waals surface area contributed by atoms with E-state index in [4.69, 9.17) is 30.8 Å². The summed E-state index contributed by atoms with van der Waals surface area (Å²) < 4.78 is 18.0. The number of pyridine rings is 1. The monoisotopic (exact) mass is 582 g/mol. The molecule has 0 saturated carbocycles. The minimum absolute atomic E-state index is 0.0617. The molecule has 2 N–H and O–H groups in total. The van der Waals surface area contributed by atoms with Crippen LogP contribution < -0.4 is 25.7 Å². The van der Waals surface area contributed by atoms with Gasteiger partial charge in [-0.15, -0.1) is 0 Å². The summed E-state index contributed by atoms with van der Waals surface area (Å²) in [5.74, 6) is 1.70. The zero-order valence-corrected chi connectivity index (χ0v) is 24.1. The third-order valence-electron chi connectivity index (χ3n) is 7.60. The summed E-state index contributed by atoms with van der Waals surface area (Å²) in [6.07, 6.45) is 4.97. The Bertz CT molecular complexity index is 1480. The number of benzene rings is 1. The number of carbonyl (C=O) groups is 1. The van der Waals surface area contributed by atoms with Crippen LogP contribution in [0.4, 0.5) is 5.95 Å². The molecule has 1 amide bonds. The Balaban J connectivity index is 1.48. The van der Waals surface area contributed by atoms with E-state index in [1.54, 1.807) is 36.1 Å². The first-order valence-electron chi connectivity index (χ1n) is 13.7. The quantitative estimate of drug-likeness (QED) is 0.329. The lowest BCUT2D eigenvalue weighted by atomic mass is 10.0. The van der Waals surface area contributed by atoms with Gasteiger partial charge in [-0.1, -0.05) is 18.2 Å². The molecule has 0 radical (unpaired) electrons. The van der Waals surface area contributed by atoms with Crippen molar-refractivity contribution in [1.82, 2.24) is 24.8 Å². The average molecular weight is 583 g/mol. The van der Waals surface area contributed by atoms with Gasteiger partial charge in [0.1, 0.15) is 17.1 Å². The molecule has 0 spiro atoms.